The summed E-state index contributed by atoms with van der Waals surface area (Å²) >= 11 is 0. The molecule has 2 aromatic heterocycles. The fourth-order valence-electron chi connectivity index (χ4n) is 2.58. The predicted molar refractivity (Wildman–Crippen MR) is 73.1 cm³/mol. The van der Waals surface area contributed by atoms with Gasteiger partial charge in [-0.2, -0.15) is 5.26 Å². The van der Waals surface area contributed by atoms with E-state index in [1.807, 2.05) is 6.07 Å². The third-order valence-corrected chi connectivity index (χ3v) is 3.66. The molecule has 1 fully saturated rings. The Kier molecular flexibility index (Phi) is 3.65. The fraction of sp³-hybridized carbons (Fsp3) is 0.417. The van der Waals surface area contributed by atoms with Gasteiger partial charge in [0.1, 0.15) is 36.4 Å². The zero-order valence-corrected chi connectivity index (χ0v) is 11.3. The van der Waals surface area contributed by atoms with E-state index in [9.17, 15) is 15.5 Å². The summed E-state index contributed by atoms with van der Waals surface area (Å²) in [5.74, 6) is 5.64. The molecule has 0 spiro atoms. The molecule has 3 rings (SSSR count). The Bertz CT molecular complexity index is 741. The first kappa shape index (κ1) is 14.6. The summed E-state index contributed by atoms with van der Waals surface area (Å²) in [6.07, 6.45) is -1.75. The molecule has 4 atom stereocenters. The number of hydrogen-bond acceptors (Lipinski definition) is 9. The molecule has 3 heterocycles. The van der Waals surface area contributed by atoms with Gasteiger partial charge in [0.25, 0.3) is 0 Å². The summed E-state index contributed by atoms with van der Waals surface area (Å²) in [7, 11) is 0. The number of aliphatic hydroxyl groups is 3. The molecule has 0 aromatic carbocycles. The molecule has 0 radical (unpaired) electrons. The standard InChI is InChI=1S/C12H14N6O4/c13-1-5-2-18(11-7(5)10(17-14)15-4-16-11)12-9(21)8(20)6(3-19)22-12/h2,4,6,8-9,12,19-21H,3,14H2,(H,15,16,17)/t6-,8-,9-,12-/m1/s1. The third-order valence-electron chi connectivity index (χ3n) is 3.66. The Morgan fingerprint density at radius 2 is 2.18 bits per heavy atom. The summed E-state index contributed by atoms with van der Waals surface area (Å²) in [5.41, 5.74) is 2.93. The molecule has 22 heavy (non-hydrogen) atoms. The molecule has 1 aliphatic heterocycles. The lowest BCUT2D eigenvalue weighted by molar-refractivity contribution is -0.0508. The lowest BCUT2D eigenvalue weighted by Gasteiger charge is -2.17. The molecule has 1 saturated heterocycles. The van der Waals surface area contributed by atoms with Crippen molar-refractivity contribution in [1.29, 1.82) is 5.26 Å². The second-order valence-electron chi connectivity index (χ2n) is 4.86. The lowest BCUT2D eigenvalue weighted by Crippen LogP contribution is -2.33. The van der Waals surface area contributed by atoms with E-state index in [2.05, 4.69) is 15.4 Å². The van der Waals surface area contributed by atoms with Crippen LogP contribution in [0, 0.1) is 11.3 Å². The van der Waals surface area contributed by atoms with Gasteiger partial charge in [0.2, 0.25) is 0 Å². The van der Waals surface area contributed by atoms with Crippen LogP contribution < -0.4 is 11.3 Å². The summed E-state index contributed by atoms with van der Waals surface area (Å²) in [6.45, 7) is -0.441. The highest BCUT2D eigenvalue weighted by atomic mass is 16.6. The molecule has 10 nitrogen and oxygen atoms in total. The molecule has 0 unspecified atom stereocenters. The van der Waals surface area contributed by atoms with Gasteiger partial charge in [-0.25, -0.2) is 15.8 Å². The Morgan fingerprint density at radius 1 is 1.41 bits per heavy atom. The quantitative estimate of drug-likeness (QED) is 0.325. The van der Waals surface area contributed by atoms with Gasteiger partial charge in [0.05, 0.1) is 17.6 Å². The lowest BCUT2D eigenvalue weighted by atomic mass is 10.1. The number of ether oxygens (including phenoxy) is 1. The molecule has 0 amide bonds. The second kappa shape index (κ2) is 5.48. The SMILES string of the molecule is N#Cc1cn([C@@H]2O[C@H](CO)[C@@H](O)[C@H]2O)c2ncnc(NN)c12. The average molecular weight is 306 g/mol. The second-order valence-corrected chi connectivity index (χ2v) is 4.86. The number of fused-ring (bicyclic) bond motifs is 1. The van der Waals surface area contributed by atoms with Crippen molar-refractivity contribution in [2.45, 2.75) is 24.5 Å². The van der Waals surface area contributed by atoms with Gasteiger partial charge in [-0.15, -0.1) is 0 Å². The zero-order valence-electron chi connectivity index (χ0n) is 11.3. The number of anilines is 1. The zero-order chi connectivity index (χ0) is 15.9. The molecule has 6 N–H and O–H groups in total. The van der Waals surface area contributed by atoms with Gasteiger partial charge in [-0.3, -0.25) is 0 Å². The molecule has 10 heteroatoms. The number of nitrogens with one attached hydrogen (secondary N) is 1. The molecule has 1 aliphatic rings. The summed E-state index contributed by atoms with van der Waals surface area (Å²) in [4.78, 5) is 8.02. The fourth-order valence-corrected chi connectivity index (χ4v) is 2.58. The van der Waals surface area contributed by atoms with Crippen molar-refractivity contribution in [3.8, 4) is 6.07 Å². The Morgan fingerprint density at radius 3 is 2.77 bits per heavy atom. The van der Waals surface area contributed by atoms with E-state index in [1.165, 1.54) is 17.1 Å². The van der Waals surface area contributed by atoms with Crippen LogP contribution >= 0.6 is 0 Å². The van der Waals surface area contributed by atoms with Crippen molar-refractivity contribution in [3.63, 3.8) is 0 Å². The van der Waals surface area contributed by atoms with Crippen molar-refractivity contribution in [2.24, 2.45) is 5.84 Å². The van der Waals surface area contributed by atoms with Gasteiger partial charge in [-0.05, 0) is 0 Å². The number of aliphatic hydroxyl groups excluding tert-OH is 3. The highest BCUT2D eigenvalue weighted by molar-refractivity contribution is 5.92. The number of hydrazine groups is 1. The topological polar surface area (TPSA) is 162 Å². The van der Waals surface area contributed by atoms with Crippen LogP contribution in [0.15, 0.2) is 12.5 Å². The third kappa shape index (κ3) is 2.00. The van der Waals surface area contributed by atoms with Gasteiger partial charge < -0.3 is 30.0 Å². The molecule has 0 aliphatic carbocycles. The molecule has 2 aromatic rings. The van der Waals surface area contributed by atoms with E-state index < -0.39 is 31.1 Å². The van der Waals surface area contributed by atoms with E-state index in [-0.39, 0.29) is 11.4 Å². The number of nitriles is 1. The smallest absolute Gasteiger partial charge is 0.164 e. The van der Waals surface area contributed by atoms with Crippen LogP contribution in [0.1, 0.15) is 11.8 Å². The van der Waals surface area contributed by atoms with E-state index in [0.29, 0.717) is 11.0 Å². The average Bonchev–Trinajstić information content (AvgIpc) is 3.06. The number of nitrogens with zero attached hydrogens (tertiary/aromatic N) is 4. The molecular formula is C12H14N6O4. The normalized spacial score (nSPS) is 28.0. The monoisotopic (exact) mass is 306 g/mol. The number of hydrogen-bond donors (Lipinski definition) is 5. The van der Waals surface area contributed by atoms with E-state index in [1.54, 1.807) is 0 Å². The number of aromatic nitrogens is 3. The number of rotatable bonds is 3. The summed E-state index contributed by atoms with van der Waals surface area (Å²) < 4.78 is 6.87. The largest absolute Gasteiger partial charge is 0.394 e. The highest BCUT2D eigenvalue weighted by Crippen LogP contribution is 2.34. The van der Waals surface area contributed by atoms with Crippen LogP contribution in [0.25, 0.3) is 11.0 Å². The number of nitrogen functional groups attached to an aromatic ring is 1. The van der Waals surface area contributed by atoms with E-state index in [0.717, 1.165) is 0 Å². The van der Waals surface area contributed by atoms with Crippen LogP contribution in [0.4, 0.5) is 5.82 Å². The van der Waals surface area contributed by atoms with E-state index >= 15 is 0 Å². The van der Waals surface area contributed by atoms with Gasteiger partial charge in [-0.1, -0.05) is 0 Å². The van der Waals surface area contributed by atoms with E-state index in [4.69, 9.17) is 15.7 Å². The minimum atomic E-state index is -1.27. The Balaban J connectivity index is 2.15. The summed E-state index contributed by atoms with van der Waals surface area (Å²) in [6, 6.07) is 1.99. The first-order chi connectivity index (χ1) is 10.6. The van der Waals surface area contributed by atoms with Gasteiger partial charge in [0.15, 0.2) is 12.0 Å². The maximum Gasteiger partial charge on any atom is 0.164 e. The maximum absolute atomic E-state index is 10.1. The minimum absolute atomic E-state index is 0.237. The molecule has 116 valence electrons. The van der Waals surface area contributed by atoms with Crippen molar-refractivity contribution in [1.82, 2.24) is 14.5 Å². The van der Waals surface area contributed by atoms with Crippen molar-refractivity contribution in [3.05, 3.63) is 18.1 Å². The first-order valence-corrected chi connectivity index (χ1v) is 6.47. The Hall–Kier alpha value is -2.29. The van der Waals surface area contributed by atoms with Gasteiger partial charge in [0, 0.05) is 6.20 Å². The number of nitrogens with two attached hydrogens (primary N) is 1. The van der Waals surface area contributed by atoms with Crippen LogP contribution in [-0.2, 0) is 4.74 Å². The van der Waals surface area contributed by atoms with Crippen LogP contribution in [-0.4, -0.2) is 54.8 Å². The van der Waals surface area contributed by atoms with Crippen molar-refractivity contribution < 1.29 is 20.1 Å². The van der Waals surface area contributed by atoms with Gasteiger partial charge >= 0.3 is 0 Å². The van der Waals surface area contributed by atoms with Crippen LogP contribution in [0.5, 0.6) is 0 Å². The van der Waals surface area contributed by atoms with Crippen molar-refractivity contribution >= 4 is 16.9 Å². The first-order valence-electron chi connectivity index (χ1n) is 6.47. The molecule has 0 bridgehead atoms. The maximum atomic E-state index is 10.1. The van der Waals surface area contributed by atoms with Crippen molar-refractivity contribution in [2.75, 3.05) is 12.0 Å². The minimum Gasteiger partial charge on any atom is -0.394 e. The Labute approximate surface area is 124 Å². The highest BCUT2D eigenvalue weighted by Gasteiger charge is 2.44. The van der Waals surface area contributed by atoms with Crippen LogP contribution in [0.3, 0.4) is 0 Å². The molecular weight excluding hydrogens is 292 g/mol. The predicted octanol–water partition coefficient (Wildman–Crippen LogP) is -1.80. The van der Waals surface area contributed by atoms with Crippen LogP contribution in [0.2, 0.25) is 0 Å². The molecule has 0 saturated carbocycles. The summed E-state index contributed by atoms with van der Waals surface area (Å²) in [5, 5.41) is 38.7.